The molecule has 4 N–H and O–H groups in total. The Labute approximate surface area is 214 Å². The second kappa shape index (κ2) is 9.55. The van der Waals surface area contributed by atoms with Crippen molar-refractivity contribution >= 4 is 29.4 Å². The van der Waals surface area contributed by atoms with Crippen molar-refractivity contribution in [1.82, 2.24) is 14.9 Å². The van der Waals surface area contributed by atoms with Crippen LogP contribution in [0, 0.1) is 0 Å². The number of hydrogen-bond acceptors (Lipinski definition) is 8. The number of aliphatic imine (C=N–C) groups is 1. The summed E-state index contributed by atoms with van der Waals surface area (Å²) >= 11 is 0. The van der Waals surface area contributed by atoms with E-state index in [0.717, 1.165) is 34.6 Å². The van der Waals surface area contributed by atoms with Crippen molar-refractivity contribution in [2.45, 2.75) is 38.0 Å². The van der Waals surface area contributed by atoms with Crippen LogP contribution < -0.4 is 15.6 Å². The number of aliphatic hydroxyl groups excluding tert-OH is 2. The summed E-state index contributed by atoms with van der Waals surface area (Å²) in [4.78, 5) is 18.5. The van der Waals surface area contributed by atoms with Gasteiger partial charge in [-0.3, -0.25) is 15.2 Å². The summed E-state index contributed by atoms with van der Waals surface area (Å²) in [5, 5.41) is 25.7. The standard InChI is InChI=1S/C27H30N6O4/c1-17-24(35)25(36)27(37-17)33-14-21(18-5-3-2-4-6-18)22-13-32(16-29-26(22)33)30-19-7-9-20(10-8-19)31-12-11-28-23(34)15-31/h2-10,14,16-17,24-25,27,30,35-36H,11-13,15H2,1H3,(H,28,34)/t17-,24-,25-,27-/m1/s1. The zero-order valence-corrected chi connectivity index (χ0v) is 20.5. The molecule has 2 fully saturated rings. The van der Waals surface area contributed by atoms with Crippen LogP contribution in [0.2, 0.25) is 0 Å². The van der Waals surface area contributed by atoms with Crippen LogP contribution in [-0.2, 0) is 16.1 Å². The molecule has 192 valence electrons. The zero-order valence-electron chi connectivity index (χ0n) is 20.5. The van der Waals surface area contributed by atoms with Gasteiger partial charge in [-0.05, 0) is 36.8 Å². The van der Waals surface area contributed by atoms with E-state index in [9.17, 15) is 15.0 Å². The van der Waals surface area contributed by atoms with Crippen LogP contribution >= 0.6 is 0 Å². The van der Waals surface area contributed by atoms with Crippen molar-refractivity contribution in [1.29, 1.82) is 0 Å². The Hall–Kier alpha value is -3.86. The van der Waals surface area contributed by atoms with Crippen LogP contribution in [0.4, 0.5) is 17.2 Å². The molecule has 1 aromatic heterocycles. The molecule has 4 atom stereocenters. The minimum absolute atomic E-state index is 0.0365. The van der Waals surface area contributed by atoms with Gasteiger partial charge in [0.1, 0.15) is 24.4 Å². The second-order valence-electron chi connectivity index (χ2n) is 9.63. The molecule has 3 aromatic rings. The number of hydrazine groups is 1. The number of aromatic nitrogens is 1. The molecule has 0 spiro atoms. The van der Waals surface area contributed by atoms with Gasteiger partial charge in [-0.2, -0.15) is 0 Å². The molecule has 6 rings (SSSR count). The van der Waals surface area contributed by atoms with Crippen molar-refractivity contribution in [3.8, 4) is 11.1 Å². The van der Waals surface area contributed by atoms with Crippen molar-refractivity contribution in [2.24, 2.45) is 4.99 Å². The maximum absolute atomic E-state index is 11.7. The van der Waals surface area contributed by atoms with Crippen LogP contribution in [0.15, 0.2) is 65.8 Å². The molecule has 0 saturated carbocycles. The Balaban J connectivity index is 1.25. The first kappa shape index (κ1) is 23.5. The highest BCUT2D eigenvalue weighted by molar-refractivity contribution is 5.83. The highest BCUT2D eigenvalue weighted by Gasteiger charge is 2.42. The van der Waals surface area contributed by atoms with Gasteiger partial charge in [0.2, 0.25) is 5.91 Å². The van der Waals surface area contributed by atoms with Gasteiger partial charge in [-0.1, -0.05) is 30.3 Å². The fourth-order valence-electron chi connectivity index (χ4n) is 5.15. The fraction of sp³-hybridized carbons (Fsp3) is 0.333. The number of anilines is 2. The first-order valence-electron chi connectivity index (χ1n) is 12.5. The molecule has 4 heterocycles. The maximum atomic E-state index is 11.7. The van der Waals surface area contributed by atoms with Crippen molar-refractivity contribution in [2.75, 3.05) is 30.0 Å². The van der Waals surface area contributed by atoms with E-state index in [4.69, 9.17) is 9.73 Å². The topological polar surface area (TPSA) is 115 Å². The predicted molar refractivity (Wildman–Crippen MR) is 140 cm³/mol. The number of piperazine rings is 1. The smallest absolute Gasteiger partial charge is 0.239 e. The van der Waals surface area contributed by atoms with E-state index in [2.05, 4.69) is 15.6 Å². The van der Waals surface area contributed by atoms with Gasteiger partial charge in [-0.25, -0.2) is 4.99 Å². The molecule has 1 amide bonds. The fourth-order valence-corrected chi connectivity index (χ4v) is 5.15. The van der Waals surface area contributed by atoms with E-state index in [1.165, 1.54) is 0 Å². The number of carbonyl (C=O) groups excluding carboxylic acids is 1. The summed E-state index contributed by atoms with van der Waals surface area (Å²) in [6.07, 6.45) is 0.451. The summed E-state index contributed by atoms with van der Waals surface area (Å²) < 4.78 is 7.73. The number of rotatable bonds is 5. The summed E-state index contributed by atoms with van der Waals surface area (Å²) in [6, 6.07) is 18.0. The van der Waals surface area contributed by atoms with Gasteiger partial charge in [0.05, 0.1) is 24.9 Å². The van der Waals surface area contributed by atoms with Crippen LogP contribution in [-0.4, -0.2) is 70.0 Å². The quantitative estimate of drug-likeness (QED) is 0.423. The SMILES string of the molecule is C[C@H]1O[C@@H](n2cc(-c3ccccc3)c3c2N=CN(Nc2ccc(N4CCNC(=O)C4)cc2)C3)[C@H](O)[C@@H]1O. The molecule has 3 aliphatic rings. The Morgan fingerprint density at radius 1 is 1.05 bits per heavy atom. The summed E-state index contributed by atoms with van der Waals surface area (Å²) in [7, 11) is 0. The van der Waals surface area contributed by atoms with Crippen LogP contribution in [0.3, 0.4) is 0 Å². The Kier molecular flexibility index (Phi) is 6.07. The molecule has 0 aliphatic carbocycles. The lowest BCUT2D eigenvalue weighted by atomic mass is 10.0. The van der Waals surface area contributed by atoms with Crippen LogP contribution in [0.5, 0.6) is 0 Å². The molecule has 0 unspecified atom stereocenters. The van der Waals surface area contributed by atoms with Crippen LogP contribution in [0.25, 0.3) is 11.1 Å². The van der Waals surface area contributed by atoms with Gasteiger partial charge in [0, 0.05) is 36.1 Å². The first-order chi connectivity index (χ1) is 18.0. The van der Waals surface area contributed by atoms with E-state index in [-0.39, 0.29) is 5.91 Å². The summed E-state index contributed by atoms with van der Waals surface area (Å²) in [5.74, 6) is 0.732. The van der Waals surface area contributed by atoms with Gasteiger partial charge >= 0.3 is 0 Å². The molecular formula is C27H30N6O4. The number of carbonyl (C=O) groups is 1. The number of nitrogens with one attached hydrogen (secondary N) is 2. The Bertz CT molecular complexity index is 1310. The lowest BCUT2D eigenvalue weighted by molar-refractivity contribution is -0.120. The van der Waals surface area contributed by atoms with E-state index < -0.39 is 24.5 Å². The minimum Gasteiger partial charge on any atom is -0.388 e. The normalized spacial score (nSPS) is 25.2. The molecule has 37 heavy (non-hydrogen) atoms. The molecule has 10 nitrogen and oxygen atoms in total. The second-order valence-corrected chi connectivity index (χ2v) is 9.63. The number of amides is 1. The first-order valence-corrected chi connectivity index (χ1v) is 12.5. The minimum atomic E-state index is -1.05. The maximum Gasteiger partial charge on any atom is 0.239 e. The predicted octanol–water partition coefficient (Wildman–Crippen LogP) is 2.23. The van der Waals surface area contributed by atoms with Crippen molar-refractivity contribution in [3.63, 3.8) is 0 Å². The molecular weight excluding hydrogens is 472 g/mol. The van der Waals surface area contributed by atoms with Crippen LogP contribution in [0.1, 0.15) is 18.7 Å². The number of ether oxygens (including phenoxy) is 1. The number of nitrogens with zero attached hydrogens (tertiary/aromatic N) is 4. The van der Waals surface area contributed by atoms with E-state index in [1.54, 1.807) is 13.3 Å². The molecule has 0 bridgehead atoms. The van der Waals surface area contributed by atoms with Crippen molar-refractivity contribution < 1.29 is 19.7 Å². The zero-order chi connectivity index (χ0) is 25.5. The van der Waals surface area contributed by atoms with E-state index in [0.29, 0.717) is 25.5 Å². The summed E-state index contributed by atoms with van der Waals surface area (Å²) in [5.41, 5.74) is 8.31. The van der Waals surface area contributed by atoms with Gasteiger partial charge < -0.3 is 29.7 Å². The average molecular weight is 503 g/mol. The molecule has 3 aliphatic heterocycles. The summed E-state index contributed by atoms with van der Waals surface area (Å²) in [6.45, 7) is 4.08. The molecule has 2 aromatic carbocycles. The van der Waals surface area contributed by atoms with Gasteiger partial charge in [-0.15, -0.1) is 0 Å². The molecule has 0 radical (unpaired) electrons. The number of benzene rings is 2. The highest BCUT2D eigenvalue weighted by Crippen LogP contribution is 2.41. The highest BCUT2D eigenvalue weighted by atomic mass is 16.6. The number of fused-ring (bicyclic) bond motifs is 1. The van der Waals surface area contributed by atoms with Gasteiger partial charge in [0.25, 0.3) is 0 Å². The largest absolute Gasteiger partial charge is 0.388 e. The third-order valence-corrected chi connectivity index (χ3v) is 7.14. The Morgan fingerprint density at radius 2 is 1.84 bits per heavy atom. The monoisotopic (exact) mass is 502 g/mol. The lowest BCUT2D eigenvalue weighted by Crippen LogP contribution is -2.47. The molecule has 2 saturated heterocycles. The number of hydrogen-bond donors (Lipinski definition) is 4. The third-order valence-electron chi connectivity index (χ3n) is 7.14. The third kappa shape index (κ3) is 4.43. The average Bonchev–Trinajstić information content (AvgIpc) is 3.41. The molecule has 10 heteroatoms. The number of aliphatic hydroxyl groups is 2. The van der Waals surface area contributed by atoms with E-state index in [1.807, 2.05) is 70.4 Å². The lowest BCUT2D eigenvalue weighted by Gasteiger charge is -2.29. The Morgan fingerprint density at radius 3 is 2.54 bits per heavy atom. The van der Waals surface area contributed by atoms with Gasteiger partial charge in [0.15, 0.2) is 6.23 Å². The van der Waals surface area contributed by atoms with E-state index >= 15 is 0 Å². The van der Waals surface area contributed by atoms with Crippen molar-refractivity contribution in [3.05, 3.63) is 66.4 Å².